The molecule has 1 atom stereocenters. The van der Waals surface area contributed by atoms with Gasteiger partial charge in [0.2, 0.25) is 0 Å². The first-order valence-corrected chi connectivity index (χ1v) is 10.9. The van der Waals surface area contributed by atoms with E-state index in [-0.39, 0.29) is 17.9 Å². The van der Waals surface area contributed by atoms with E-state index in [2.05, 4.69) is 28.4 Å². The van der Waals surface area contributed by atoms with E-state index in [1.165, 1.54) is 12.7 Å². The second kappa shape index (κ2) is 8.19. The van der Waals surface area contributed by atoms with Gasteiger partial charge in [0.05, 0.1) is 12.7 Å². The van der Waals surface area contributed by atoms with Gasteiger partial charge in [-0.05, 0) is 37.4 Å². The monoisotopic (exact) mass is 418 g/mol. The Hall–Kier alpha value is -3.12. The van der Waals surface area contributed by atoms with Crippen LogP contribution in [0.3, 0.4) is 0 Å². The van der Waals surface area contributed by atoms with Gasteiger partial charge in [0.1, 0.15) is 18.4 Å². The molecule has 160 valence electrons. The number of hydrogen-bond acceptors (Lipinski definition) is 5. The molecule has 2 aromatic rings. The van der Waals surface area contributed by atoms with Gasteiger partial charge in [-0.3, -0.25) is 14.5 Å². The third kappa shape index (κ3) is 3.61. The van der Waals surface area contributed by atoms with E-state index in [1.807, 2.05) is 24.3 Å². The van der Waals surface area contributed by atoms with Crippen LogP contribution in [0, 0.1) is 0 Å². The lowest BCUT2D eigenvalue weighted by atomic mass is 9.97. The summed E-state index contributed by atoms with van der Waals surface area (Å²) in [6.07, 6.45) is 3.91. The highest BCUT2D eigenvalue weighted by atomic mass is 16.5. The molecule has 2 aromatic carbocycles. The van der Waals surface area contributed by atoms with Gasteiger partial charge in [-0.2, -0.15) is 0 Å². The molecule has 3 aliphatic heterocycles. The fourth-order valence-electron chi connectivity index (χ4n) is 4.85. The van der Waals surface area contributed by atoms with Crippen molar-refractivity contribution in [3.8, 4) is 0 Å². The van der Waals surface area contributed by atoms with Gasteiger partial charge in [-0.25, -0.2) is 0 Å². The van der Waals surface area contributed by atoms with Crippen LogP contribution in [0.4, 0.5) is 5.69 Å². The van der Waals surface area contributed by atoms with Gasteiger partial charge in [0.25, 0.3) is 5.91 Å². The van der Waals surface area contributed by atoms with Crippen molar-refractivity contribution in [2.24, 2.45) is 0 Å². The van der Waals surface area contributed by atoms with Gasteiger partial charge < -0.3 is 14.8 Å². The molecule has 0 radical (unpaired) electrons. The smallest absolute Gasteiger partial charge is 0.323 e. The first-order chi connectivity index (χ1) is 15.2. The van der Waals surface area contributed by atoms with E-state index < -0.39 is 0 Å². The summed E-state index contributed by atoms with van der Waals surface area (Å²) >= 11 is 0. The molecule has 1 amide bonds. The Morgan fingerprint density at radius 3 is 2.94 bits per heavy atom. The molecular weight excluding hydrogens is 392 g/mol. The van der Waals surface area contributed by atoms with Crippen molar-refractivity contribution >= 4 is 28.9 Å². The number of anilines is 1. The number of nitrogens with one attached hydrogen (secondary N) is 1. The molecule has 1 unspecified atom stereocenters. The number of para-hydroxylation sites is 1. The number of carbonyl (C=O) groups excluding carboxylic acids is 2. The maximum absolute atomic E-state index is 12.6. The Balaban J connectivity index is 1.36. The Morgan fingerprint density at radius 2 is 2.06 bits per heavy atom. The maximum Gasteiger partial charge on any atom is 0.323 e. The van der Waals surface area contributed by atoms with Crippen LogP contribution >= 0.6 is 0 Å². The van der Waals surface area contributed by atoms with Crippen molar-refractivity contribution in [3.05, 3.63) is 64.7 Å². The van der Waals surface area contributed by atoms with Gasteiger partial charge >= 0.3 is 5.97 Å². The summed E-state index contributed by atoms with van der Waals surface area (Å²) in [6, 6.07) is 13.9. The number of hydrogen-bond donors (Lipinski definition) is 1. The van der Waals surface area contributed by atoms with Crippen LogP contribution in [0.15, 0.2) is 42.5 Å². The minimum atomic E-state index is -0.131. The van der Waals surface area contributed by atoms with E-state index in [0.29, 0.717) is 17.9 Å². The number of esters is 1. The quantitative estimate of drug-likeness (QED) is 0.607. The van der Waals surface area contributed by atoms with Crippen molar-refractivity contribution in [1.29, 1.82) is 0 Å². The Kier molecular flexibility index (Phi) is 5.24. The summed E-state index contributed by atoms with van der Waals surface area (Å²) in [5, 5.41) is 2.92. The number of carbonyl (C=O) groups is 2. The molecule has 0 aromatic heterocycles. The number of amides is 1. The lowest BCUT2D eigenvalue weighted by Crippen LogP contribution is -2.46. The highest BCUT2D eigenvalue weighted by molar-refractivity contribution is 6.36. The van der Waals surface area contributed by atoms with E-state index in [0.717, 1.165) is 61.2 Å². The van der Waals surface area contributed by atoms with E-state index >= 15 is 0 Å². The third-order valence-corrected chi connectivity index (χ3v) is 6.46. The van der Waals surface area contributed by atoms with Gasteiger partial charge in [0, 0.05) is 28.9 Å². The molecule has 1 N–H and O–H groups in total. The maximum atomic E-state index is 12.6. The minimum absolute atomic E-state index is 0.118. The number of likely N-dealkylation sites (tertiary alicyclic amines) is 1. The number of nitrogens with zero attached hydrogens (tertiary/aromatic N) is 1. The Labute approximate surface area is 181 Å². The fourth-order valence-corrected chi connectivity index (χ4v) is 4.85. The summed E-state index contributed by atoms with van der Waals surface area (Å²) in [5.41, 5.74) is 5.61. The molecule has 5 rings (SSSR count). The topological polar surface area (TPSA) is 67.9 Å². The second-order valence-electron chi connectivity index (χ2n) is 8.30. The van der Waals surface area contributed by atoms with Crippen LogP contribution in [0.25, 0.3) is 11.3 Å². The van der Waals surface area contributed by atoms with Gasteiger partial charge in [0.15, 0.2) is 0 Å². The highest BCUT2D eigenvalue weighted by Crippen LogP contribution is 2.41. The zero-order valence-electron chi connectivity index (χ0n) is 17.6. The zero-order valence-corrected chi connectivity index (χ0v) is 17.6. The minimum Gasteiger partial charge on any atom is -0.487 e. The summed E-state index contributed by atoms with van der Waals surface area (Å²) in [7, 11) is 1.46. The van der Waals surface area contributed by atoms with Crippen LogP contribution in [-0.2, 0) is 32.1 Å². The molecule has 0 aliphatic carbocycles. The van der Waals surface area contributed by atoms with Gasteiger partial charge in [-0.15, -0.1) is 0 Å². The summed E-state index contributed by atoms with van der Waals surface area (Å²) in [4.78, 5) is 26.9. The Bertz CT molecular complexity index is 1070. The number of ether oxygens (including phenoxy) is 2. The number of piperidine rings is 1. The summed E-state index contributed by atoms with van der Waals surface area (Å²) in [6.45, 7) is 2.22. The third-order valence-electron chi connectivity index (χ3n) is 6.46. The SMILES string of the molecule is COC(=O)C1CCCCN1CCc1ccc2c(c1)COC2=C1C(=O)Nc2ccccc21. The number of rotatable bonds is 4. The number of methoxy groups -OCH3 is 1. The van der Waals surface area contributed by atoms with Crippen molar-refractivity contribution in [1.82, 2.24) is 4.90 Å². The van der Waals surface area contributed by atoms with Crippen LogP contribution in [0.2, 0.25) is 0 Å². The Morgan fingerprint density at radius 1 is 1.19 bits per heavy atom. The second-order valence-corrected chi connectivity index (χ2v) is 8.30. The van der Waals surface area contributed by atoms with Crippen LogP contribution in [0.1, 0.15) is 41.5 Å². The largest absolute Gasteiger partial charge is 0.487 e. The molecule has 3 heterocycles. The van der Waals surface area contributed by atoms with Crippen molar-refractivity contribution in [2.45, 2.75) is 38.3 Å². The van der Waals surface area contributed by atoms with Crippen molar-refractivity contribution in [2.75, 3.05) is 25.5 Å². The average molecular weight is 418 g/mol. The normalized spacial score (nSPS) is 22.5. The molecule has 6 nitrogen and oxygen atoms in total. The van der Waals surface area contributed by atoms with Crippen LogP contribution in [0.5, 0.6) is 0 Å². The van der Waals surface area contributed by atoms with Crippen molar-refractivity contribution < 1.29 is 19.1 Å². The number of benzene rings is 2. The molecule has 6 heteroatoms. The summed E-state index contributed by atoms with van der Waals surface area (Å²) < 4.78 is 11.0. The molecule has 0 spiro atoms. The predicted octanol–water partition coefficient (Wildman–Crippen LogP) is 3.61. The molecule has 1 saturated heterocycles. The van der Waals surface area contributed by atoms with E-state index in [4.69, 9.17) is 9.47 Å². The van der Waals surface area contributed by atoms with E-state index in [1.54, 1.807) is 0 Å². The standard InChI is InChI=1S/C25H26N2O4/c1-30-25(29)21-8-4-5-12-27(21)13-11-16-9-10-18-17(14-16)15-31-23(18)22-19-6-2-3-7-20(19)26-24(22)28/h2-3,6-7,9-10,14,21H,4-5,8,11-13,15H2,1H3,(H,26,28). The van der Waals surface area contributed by atoms with Gasteiger partial charge in [-0.1, -0.05) is 42.8 Å². The average Bonchev–Trinajstić information content (AvgIpc) is 3.36. The molecular formula is C25H26N2O4. The number of fused-ring (bicyclic) bond motifs is 2. The lowest BCUT2D eigenvalue weighted by Gasteiger charge is -2.33. The van der Waals surface area contributed by atoms with E-state index in [9.17, 15) is 9.59 Å². The lowest BCUT2D eigenvalue weighted by molar-refractivity contribution is -0.148. The molecule has 31 heavy (non-hydrogen) atoms. The molecule has 3 aliphatic rings. The predicted molar refractivity (Wildman–Crippen MR) is 118 cm³/mol. The fraction of sp³-hybridized carbons (Fsp3) is 0.360. The molecule has 0 saturated carbocycles. The molecule has 1 fully saturated rings. The van der Waals surface area contributed by atoms with Crippen LogP contribution < -0.4 is 5.32 Å². The van der Waals surface area contributed by atoms with Crippen molar-refractivity contribution in [3.63, 3.8) is 0 Å². The highest BCUT2D eigenvalue weighted by Gasteiger charge is 2.32. The zero-order chi connectivity index (χ0) is 21.4. The summed E-state index contributed by atoms with van der Waals surface area (Å²) in [5.74, 6) is 0.409. The molecule has 0 bridgehead atoms. The van der Waals surface area contributed by atoms with Crippen LogP contribution in [-0.4, -0.2) is 43.0 Å². The first-order valence-electron chi connectivity index (χ1n) is 10.9. The first kappa shape index (κ1) is 19.8.